The maximum absolute atomic E-state index is 13.5. The van der Waals surface area contributed by atoms with E-state index in [4.69, 9.17) is 4.74 Å². The number of anilines is 1. The molecular weight excluding hydrogens is 398 g/mol. The first-order valence-electron chi connectivity index (χ1n) is 9.74. The lowest BCUT2D eigenvalue weighted by Gasteiger charge is -2.24. The predicted octanol–water partition coefficient (Wildman–Crippen LogP) is 4.13. The van der Waals surface area contributed by atoms with Crippen LogP contribution in [0.1, 0.15) is 20.8 Å². The van der Waals surface area contributed by atoms with Crippen LogP contribution in [0.3, 0.4) is 0 Å². The van der Waals surface area contributed by atoms with E-state index in [1.165, 1.54) is 0 Å². The lowest BCUT2D eigenvalue weighted by molar-refractivity contribution is 0.0730. The van der Waals surface area contributed by atoms with Crippen LogP contribution in [0, 0.1) is 0 Å². The summed E-state index contributed by atoms with van der Waals surface area (Å²) in [6, 6.07) is 18.9. The van der Waals surface area contributed by atoms with Gasteiger partial charge in [-0.1, -0.05) is 30.3 Å². The van der Waals surface area contributed by atoms with Gasteiger partial charge in [-0.3, -0.25) is 9.69 Å². The number of carbonyl (C=O) groups excluding carboxylic acids is 2. The van der Waals surface area contributed by atoms with Crippen LogP contribution < -0.4 is 15.0 Å². The summed E-state index contributed by atoms with van der Waals surface area (Å²) < 4.78 is 5.48. The molecule has 1 saturated heterocycles. The second kappa shape index (κ2) is 9.00. The van der Waals surface area contributed by atoms with Gasteiger partial charge in [0, 0.05) is 34.8 Å². The number of ether oxygens (including phenoxy) is 1. The SMILES string of the molecule is COc1ccccc1CN(Cc1cccs1)C(=O)c1cccc(N2CCNC2=O)c1. The number of hydrogen-bond acceptors (Lipinski definition) is 4. The van der Waals surface area contributed by atoms with Gasteiger partial charge in [0.15, 0.2) is 0 Å². The van der Waals surface area contributed by atoms with Crippen molar-refractivity contribution in [1.82, 2.24) is 10.2 Å². The van der Waals surface area contributed by atoms with E-state index < -0.39 is 0 Å². The van der Waals surface area contributed by atoms with E-state index in [-0.39, 0.29) is 11.9 Å². The van der Waals surface area contributed by atoms with E-state index in [1.54, 1.807) is 35.5 Å². The van der Waals surface area contributed by atoms with Crippen molar-refractivity contribution in [1.29, 1.82) is 0 Å². The summed E-state index contributed by atoms with van der Waals surface area (Å²) in [5.74, 6) is 0.666. The van der Waals surface area contributed by atoms with Crippen LogP contribution in [0.4, 0.5) is 10.5 Å². The minimum absolute atomic E-state index is 0.0873. The number of para-hydroxylation sites is 1. The van der Waals surface area contributed by atoms with Gasteiger partial charge in [0.05, 0.1) is 20.2 Å². The fraction of sp³-hybridized carbons (Fsp3) is 0.217. The van der Waals surface area contributed by atoms with Crippen molar-refractivity contribution in [2.75, 3.05) is 25.1 Å². The highest BCUT2D eigenvalue weighted by Gasteiger charge is 2.23. The normalized spacial score (nSPS) is 13.2. The molecule has 154 valence electrons. The molecule has 0 saturated carbocycles. The topological polar surface area (TPSA) is 61.9 Å². The molecule has 2 heterocycles. The van der Waals surface area contributed by atoms with Crippen molar-refractivity contribution in [3.63, 3.8) is 0 Å². The molecule has 1 aliphatic rings. The molecule has 30 heavy (non-hydrogen) atoms. The number of urea groups is 1. The minimum atomic E-state index is -0.135. The van der Waals surface area contributed by atoms with Crippen LogP contribution >= 0.6 is 11.3 Å². The molecule has 0 spiro atoms. The summed E-state index contributed by atoms with van der Waals surface area (Å²) in [5, 5.41) is 4.80. The largest absolute Gasteiger partial charge is 0.496 e. The van der Waals surface area contributed by atoms with Gasteiger partial charge in [0.2, 0.25) is 0 Å². The van der Waals surface area contributed by atoms with Gasteiger partial charge in [-0.25, -0.2) is 4.79 Å². The number of carbonyl (C=O) groups is 2. The van der Waals surface area contributed by atoms with Gasteiger partial charge in [0.25, 0.3) is 5.91 Å². The van der Waals surface area contributed by atoms with Crippen molar-refractivity contribution in [2.45, 2.75) is 13.1 Å². The lowest BCUT2D eigenvalue weighted by Crippen LogP contribution is -2.31. The number of hydrogen-bond donors (Lipinski definition) is 1. The number of thiophene rings is 1. The Balaban J connectivity index is 1.63. The molecule has 1 aromatic heterocycles. The molecule has 2 aromatic carbocycles. The number of benzene rings is 2. The molecule has 4 rings (SSSR count). The Labute approximate surface area is 179 Å². The summed E-state index contributed by atoms with van der Waals surface area (Å²) in [5.41, 5.74) is 2.22. The third-order valence-electron chi connectivity index (χ3n) is 5.03. The second-order valence-electron chi connectivity index (χ2n) is 6.99. The third-order valence-corrected chi connectivity index (χ3v) is 5.89. The summed E-state index contributed by atoms with van der Waals surface area (Å²) in [7, 11) is 1.63. The van der Waals surface area contributed by atoms with E-state index in [0.717, 1.165) is 21.9 Å². The van der Waals surface area contributed by atoms with Crippen LogP contribution in [-0.4, -0.2) is 37.0 Å². The van der Waals surface area contributed by atoms with Crippen molar-refractivity contribution < 1.29 is 14.3 Å². The average molecular weight is 422 g/mol. The molecule has 3 aromatic rings. The molecule has 1 N–H and O–H groups in total. The van der Waals surface area contributed by atoms with Gasteiger partial charge in [-0.15, -0.1) is 11.3 Å². The van der Waals surface area contributed by atoms with E-state index >= 15 is 0 Å². The Bertz CT molecular complexity index is 1040. The standard InChI is InChI=1S/C23H23N3O3S/c1-29-21-10-3-2-6-18(21)15-25(16-20-9-5-13-30-20)22(27)17-7-4-8-19(14-17)26-12-11-24-23(26)28/h2-10,13-14H,11-12,15-16H2,1H3,(H,24,28). The Kier molecular flexibility index (Phi) is 5.99. The average Bonchev–Trinajstić information content (AvgIpc) is 3.45. The lowest BCUT2D eigenvalue weighted by atomic mass is 10.1. The molecule has 1 fully saturated rings. The van der Waals surface area contributed by atoms with Gasteiger partial charge in [0.1, 0.15) is 5.75 Å². The summed E-state index contributed by atoms with van der Waals surface area (Å²) >= 11 is 1.62. The number of nitrogens with zero attached hydrogens (tertiary/aromatic N) is 2. The Hall–Kier alpha value is -3.32. The van der Waals surface area contributed by atoms with Gasteiger partial charge in [-0.05, 0) is 35.7 Å². The van der Waals surface area contributed by atoms with E-state index in [9.17, 15) is 9.59 Å². The van der Waals surface area contributed by atoms with Crippen molar-refractivity contribution in [3.05, 3.63) is 82.0 Å². The molecule has 3 amide bonds. The fourth-order valence-electron chi connectivity index (χ4n) is 3.54. The maximum atomic E-state index is 13.5. The van der Waals surface area contributed by atoms with Crippen LogP contribution in [-0.2, 0) is 13.1 Å². The predicted molar refractivity (Wildman–Crippen MR) is 118 cm³/mol. The molecular formula is C23H23N3O3S. The molecule has 6 nitrogen and oxygen atoms in total. The van der Waals surface area contributed by atoms with Gasteiger partial charge >= 0.3 is 6.03 Å². The van der Waals surface area contributed by atoms with Crippen LogP contribution in [0.5, 0.6) is 5.75 Å². The van der Waals surface area contributed by atoms with Crippen molar-refractivity contribution in [3.8, 4) is 5.75 Å². The highest BCUT2D eigenvalue weighted by atomic mass is 32.1. The minimum Gasteiger partial charge on any atom is -0.496 e. The Morgan fingerprint density at radius 1 is 1.13 bits per heavy atom. The summed E-state index contributed by atoms with van der Waals surface area (Å²) in [4.78, 5) is 30.1. The molecule has 0 aliphatic carbocycles. The molecule has 1 aliphatic heterocycles. The molecule has 0 unspecified atom stereocenters. The molecule has 0 atom stereocenters. The van der Waals surface area contributed by atoms with E-state index in [2.05, 4.69) is 5.32 Å². The summed E-state index contributed by atoms with van der Waals surface area (Å²) in [6.45, 7) is 2.13. The van der Waals surface area contributed by atoms with Gasteiger partial charge < -0.3 is 15.0 Å². The van der Waals surface area contributed by atoms with Crippen LogP contribution in [0.25, 0.3) is 0 Å². The Morgan fingerprint density at radius 2 is 2.00 bits per heavy atom. The second-order valence-corrected chi connectivity index (χ2v) is 8.02. The van der Waals surface area contributed by atoms with Crippen molar-refractivity contribution >= 4 is 29.0 Å². The monoisotopic (exact) mass is 421 g/mol. The van der Waals surface area contributed by atoms with Crippen LogP contribution in [0.2, 0.25) is 0 Å². The third kappa shape index (κ3) is 4.31. The zero-order valence-electron chi connectivity index (χ0n) is 16.7. The Morgan fingerprint density at radius 3 is 2.73 bits per heavy atom. The first kappa shape index (κ1) is 20.0. The fourth-order valence-corrected chi connectivity index (χ4v) is 4.26. The number of methoxy groups -OCH3 is 1. The highest BCUT2D eigenvalue weighted by molar-refractivity contribution is 7.09. The smallest absolute Gasteiger partial charge is 0.321 e. The number of rotatable bonds is 7. The van der Waals surface area contributed by atoms with Gasteiger partial charge in [-0.2, -0.15) is 0 Å². The van der Waals surface area contributed by atoms with E-state index in [0.29, 0.717) is 31.7 Å². The molecule has 0 bridgehead atoms. The number of nitrogens with one attached hydrogen (secondary N) is 1. The van der Waals surface area contributed by atoms with Crippen LogP contribution in [0.15, 0.2) is 66.0 Å². The summed E-state index contributed by atoms with van der Waals surface area (Å²) in [6.07, 6.45) is 0. The van der Waals surface area contributed by atoms with E-state index in [1.807, 2.05) is 58.8 Å². The highest BCUT2D eigenvalue weighted by Crippen LogP contribution is 2.24. The zero-order chi connectivity index (χ0) is 20.9. The molecule has 7 heteroatoms. The maximum Gasteiger partial charge on any atom is 0.321 e. The zero-order valence-corrected chi connectivity index (χ0v) is 17.5. The molecule has 0 radical (unpaired) electrons. The first-order chi connectivity index (χ1) is 14.7. The quantitative estimate of drug-likeness (QED) is 0.624. The van der Waals surface area contributed by atoms with Crippen molar-refractivity contribution in [2.24, 2.45) is 0 Å². The number of amides is 3. The first-order valence-corrected chi connectivity index (χ1v) is 10.6.